The molecular weight excluding hydrogens is 274 g/mol. The molecule has 0 aliphatic rings. The quantitative estimate of drug-likeness (QED) is 0.757. The molecule has 6 nitrogen and oxygen atoms in total. The number of carboxylic acid groups (broad SMARTS) is 1. The fraction of sp³-hybridized carbons (Fsp3) is 0.467. The smallest absolute Gasteiger partial charge is 0.326 e. The molecule has 1 amide bonds. The molecule has 0 fully saturated rings. The van der Waals surface area contributed by atoms with Crippen LogP contribution < -0.4 is 10.1 Å². The lowest BCUT2D eigenvalue weighted by molar-refractivity contribution is -0.142. The normalized spacial score (nSPS) is 13.3. The summed E-state index contributed by atoms with van der Waals surface area (Å²) in [5, 5.41) is 11.6. The third-order valence-electron chi connectivity index (χ3n) is 3.23. The van der Waals surface area contributed by atoms with Gasteiger partial charge in [0, 0.05) is 20.1 Å². The SMILES string of the molecule is COCCC(NC(=O)C(C)c1ccc(OC)cc1)C(=O)O. The molecule has 0 aromatic heterocycles. The summed E-state index contributed by atoms with van der Waals surface area (Å²) in [6, 6.07) is 6.15. The molecule has 0 aliphatic carbocycles. The van der Waals surface area contributed by atoms with Crippen LogP contribution in [0, 0.1) is 0 Å². The summed E-state index contributed by atoms with van der Waals surface area (Å²) in [5.41, 5.74) is 0.796. The number of rotatable bonds is 8. The van der Waals surface area contributed by atoms with Crippen LogP contribution in [0.2, 0.25) is 0 Å². The molecule has 0 aliphatic heterocycles. The van der Waals surface area contributed by atoms with Crippen molar-refractivity contribution >= 4 is 11.9 Å². The lowest BCUT2D eigenvalue weighted by Crippen LogP contribution is -2.43. The van der Waals surface area contributed by atoms with Crippen LogP contribution in [0.5, 0.6) is 5.75 Å². The predicted octanol–water partition coefficient (Wildman–Crippen LogP) is 1.40. The zero-order chi connectivity index (χ0) is 15.8. The fourth-order valence-corrected chi connectivity index (χ4v) is 1.83. The van der Waals surface area contributed by atoms with E-state index in [0.29, 0.717) is 5.75 Å². The van der Waals surface area contributed by atoms with Gasteiger partial charge in [0.2, 0.25) is 5.91 Å². The van der Waals surface area contributed by atoms with Gasteiger partial charge in [-0.05, 0) is 24.6 Å². The molecule has 1 aromatic rings. The van der Waals surface area contributed by atoms with Crippen LogP contribution in [-0.2, 0) is 14.3 Å². The molecule has 116 valence electrons. The van der Waals surface area contributed by atoms with Crippen molar-refractivity contribution in [3.8, 4) is 5.75 Å². The second-order valence-electron chi connectivity index (χ2n) is 4.68. The predicted molar refractivity (Wildman–Crippen MR) is 77.5 cm³/mol. The van der Waals surface area contributed by atoms with Gasteiger partial charge in [-0.1, -0.05) is 12.1 Å². The molecule has 21 heavy (non-hydrogen) atoms. The number of amides is 1. The Morgan fingerprint density at radius 2 is 1.86 bits per heavy atom. The number of ether oxygens (including phenoxy) is 2. The Morgan fingerprint density at radius 1 is 1.24 bits per heavy atom. The van der Waals surface area contributed by atoms with Crippen molar-refractivity contribution in [1.82, 2.24) is 5.32 Å². The van der Waals surface area contributed by atoms with Gasteiger partial charge in [0.25, 0.3) is 0 Å². The summed E-state index contributed by atoms with van der Waals surface area (Å²) in [6.45, 7) is 2.00. The fourth-order valence-electron chi connectivity index (χ4n) is 1.83. The van der Waals surface area contributed by atoms with E-state index in [2.05, 4.69) is 5.32 Å². The van der Waals surface area contributed by atoms with Crippen LogP contribution in [0.4, 0.5) is 0 Å². The van der Waals surface area contributed by atoms with E-state index in [0.717, 1.165) is 5.56 Å². The number of hydrogen-bond acceptors (Lipinski definition) is 4. The average molecular weight is 295 g/mol. The molecule has 0 saturated heterocycles. The third kappa shape index (κ3) is 5.07. The molecule has 1 aromatic carbocycles. The first-order valence-electron chi connectivity index (χ1n) is 6.65. The third-order valence-corrected chi connectivity index (χ3v) is 3.23. The van der Waals surface area contributed by atoms with Crippen molar-refractivity contribution in [2.45, 2.75) is 25.3 Å². The van der Waals surface area contributed by atoms with Gasteiger partial charge in [-0.15, -0.1) is 0 Å². The molecular formula is C15H21NO5. The number of carboxylic acids is 1. The Hall–Kier alpha value is -2.08. The van der Waals surface area contributed by atoms with E-state index in [9.17, 15) is 9.59 Å². The summed E-state index contributed by atoms with van der Waals surface area (Å²) >= 11 is 0. The average Bonchev–Trinajstić information content (AvgIpc) is 2.50. The first kappa shape index (κ1) is 17.0. The van der Waals surface area contributed by atoms with Crippen LogP contribution in [0.1, 0.15) is 24.8 Å². The highest BCUT2D eigenvalue weighted by molar-refractivity contribution is 5.87. The van der Waals surface area contributed by atoms with Crippen LogP contribution in [0.15, 0.2) is 24.3 Å². The number of hydrogen-bond donors (Lipinski definition) is 2. The number of carbonyl (C=O) groups excluding carboxylic acids is 1. The Balaban J connectivity index is 2.69. The molecule has 0 bridgehead atoms. The Bertz CT molecular complexity index is 471. The molecule has 2 N–H and O–H groups in total. The highest BCUT2D eigenvalue weighted by Crippen LogP contribution is 2.19. The van der Waals surface area contributed by atoms with Gasteiger partial charge >= 0.3 is 5.97 Å². The Morgan fingerprint density at radius 3 is 2.33 bits per heavy atom. The lowest BCUT2D eigenvalue weighted by atomic mass is 9.99. The minimum absolute atomic E-state index is 0.229. The molecule has 6 heteroatoms. The van der Waals surface area contributed by atoms with E-state index in [1.165, 1.54) is 7.11 Å². The van der Waals surface area contributed by atoms with Gasteiger partial charge in [0.15, 0.2) is 0 Å². The maximum absolute atomic E-state index is 12.1. The van der Waals surface area contributed by atoms with Crippen molar-refractivity contribution in [1.29, 1.82) is 0 Å². The minimum atomic E-state index is -1.07. The summed E-state index contributed by atoms with van der Waals surface area (Å²) in [6.07, 6.45) is 0.229. The van der Waals surface area contributed by atoms with Gasteiger partial charge in [-0.3, -0.25) is 4.79 Å². The standard InChI is InChI=1S/C15H21NO5/c1-10(11-4-6-12(21-3)7-5-11)14(17)16-13(15(18)19)8-9-20-2/h4-7,10,13H,8-9H2,1-3H3,(H,16,17)(H,18,19). The van der Waals surface area contributed by atoms with Gasteiger partial charge in [0.1, 0.15) is 11.8 Å². The second-order valence-corrected chi connectivity index (χ2v) is 4.68. The Kier molecular flexibility index (Phi) is 6.68. The van der Waals surface area contributed by atoms with E-state index in [-0.39, 0.29) is 18.9 Å². The van der Waals surface area contributed by atoms with Gasteiger partial charge in [-0.2, -0.15) is 0 Å². The molecule has 0 heterocycles. The molecule has 2 unspecified atom stereocenters. The molecule has 1 rings (SSSR count). The summed E-state index contributed by atoms with van der Waals surface area (Å²) < 4.78 is 9.90. The van der Waals surface area contributed by atoms with E-state index in [1.54, 1.807) is 38.3 Å². The van der Waals surface area contributed by atoms with Gasteiger partial charge in [-0.25, -0.2) is 4.79 Å². The van der Waals surface area contributed by atoms with Crippen molar-refractivity contribution in [2.75, 3.05) is 20.8 Å². The van der Waals surface area contributed by atoms with Crippen LogP contribution in [-0.4, -0.2) is 43.9 Å². The molecule has 0 spiro atoms. The highest BCUT2D eigenvalue weighted by Gasteiger charge is 2.23. The number of nitrogens with one attached hydrogen (secondary N) is 1. The largest absolute Gasteiger partial charge is 0.497 e. The molecule has 0 radical (unpaired) electrons. The zero-order valence-electron chi connectivity index (χ0n) is 12.5. The highest BCUT2D eigenvalue weighted by atomic mass is 16.5. The van der Waals surface area contributed by atoms with Crippen molar-refractivity contribution < 1.29 is 24.2 Å². The topological polar surface area (TPSA) is 84.9 Å². The number of benzene rings is 1. The first-order chi connectivity index (χ1) is 9.99. The number of aliphatic carboxylic acids is 1. The minimum Gasteiger partial charge on any atom is -0.497 e. The summed E-state index contributed by atoms with van der Waals surface area (Å²) in [4.78, 5) is 23.2. The van der Waals surface area contributed by atoms with Crippen LogP contribution >= 0.6 is 0 Å². The molecule has 2 atom stereocenters. The van der Waals surface area contributed by atoms with E-state index in [4.69, 9.17) is 14.6 Å². The monoisotopic (exact) mass is 295 g/mol. The number of carbonyl (C=O) groups is 2. The van der Waals surface area contributed by atoms with Crippen molar-refractivity contribution in [3.63, 3.8) is 0 Å². The van der Waals surface area contributed by atoms with E-state index in [1.807, 2.05) is 0 Å². The van der Waals surface area contributed by atoms with Crippen molar-refractivity contribution in [2.24, 2.45) is 0 Å². The van der Waals surface area contributed by atoms with E-state index < -0.39 is 17.9 Å². The Labute approximate surface area is 124 Å². The van der Waals surface area contributed by atoms with Gasteiger partial charge < -0.3 is 19.9 Å². The maximum Gasteiger partial charge on any atom is 0.326 e. The molecule has 0 saturated carbocycles. The lowest BCUT2D eigenvalue weighted by Gasteiger charge is -2.18. The van der Waals surface area contributed by atoms with Gasteiger partial charge in [0.05, 0.1) is 13.0 Å². The van der Waals surface area contributed by atoms with Crippen molar-refractivity contribution in [3.05, 3.63) is 29.8 Å². The first-order valence-corrected chi connectivity index (χ1v) is 6.65. The number of methoxy groups -OCH3 is 2. The van der Waals surface area contributed by atoms with E-state index >= 15 is 0 Å². The summed E-state index contributed by atoms with van der Waals surface area (Å²) in [7, 11) is 3.05. The second kappa shape index (κ2) is 8.26. The summed E-state index contributed by atoms with van der Waals surface area (Å²) in [5.74, 6) is -1.14. The van der Waals surface area contributed by atoms with Crippen LogP contribution in [0.25, 0.3) is 0 Å². The van der Waals surface area contributed by atoms with Crippen LogP contribution in [0.3, 0.4) is 0 Å². The zero-order valence-corrected chi connectivity index (χ0v) is 12.5. The maximum atomic E-state index is 12.1.